The number of carbonyl (C=O) groups excluding carboxylic acids is 1. The van der Waals surface area contributed by atoms with Gasteiger partial charge in [0.25, 0.3) is 0 Å². The fourth-order valence-electron chi connectivity index (χ4n) is 2.14. The van der Waals surface area contributed by atoms with Crippen molar-refractivity contribution in [3.8, 4) is 11.1 Å². The molecule has 0 aliphatic carbocycles. The molecule has 0 saturated carbocycles. The molecule has 1 heterocycles. The van der Waals surface area contributed by atoms with Gasteiger partial charge in [-0.15, -0.1) is 0 Å². The summed E-state index contributed by atoms with van der Waals surface area (Å²) in [5.41, 5.74) is 1.89. The number of esters is 1. The lowest BCUT2D eigenvalue weighted by Gasteiger charge is -2.19. The molecule has 2 rings (SSSR count). The Morgan fingerprint density at radius 3 is 2.57 bits per heavy atom. The largest absolute Gasteiger partial charge is 0.478 e. The minimum absolute atomic E-state index is 0.00885. The van der Waals surface area contributed by atoms with Crippen LogP contribution in [0, 0.1) is 6.92 Å². The fraction of sp³-hybridized carbons (Fsp3) is 0.353. The van der Waals surface area contributed by atoms with E-state index in [-0.39, 0.29) is 18.1 Å². The number of ether oxygens (including phenoxy) is 1. The lowest BCUT2D eigenvalue weighted by molar-refractivity contribution is -0.155. The summed E-state index contributed by atoms with van der Waals surface area (Å²) in [4.78, 5) is 23.0. The van der Waals surface area contributed by atoms with Crippen LogP contribution in [0.2, 0.25) is 0 Å². The number of carboxylic acids is 1. The van der Waals surface area contributed by atoms with Gasteiger partial charge in [0, 0.05) is 11.8 Å². The molecule has 0 bridgehead atoms. The number of aromatic carboxylic acids is 1. The monoisotopic (exact) mass is 316 g/mol. The Kier molecular flexibility index (Phi) is 4.54. The highest BCUT2D eigenvalue weighted by Gasteiger charge is 2.17. The summed E-state index contributed by atoms with van der Waals surface area (Å²) >= 11 is 0. The summed E-state index contributed by atoms with van der Waals surface area (Å²) in [6.45, 7) is 7.17. The van der Waals surface area contributed by atoms with Gasteiger partial charge >= 0.3 is 11.9 Å². The van der Waals surface area contributed by atoms with Gasteiger partial charge < -0.3 is 9.84 Å². The summed E-state index contributed by atoms with van der Waals surface area (Å²) in [6.07, 6.45) is 3.29. The molecule has 0 saturated heterocycles. The summed E-state index contributed by atoms with van der Waals surface area (Å²) in [5, 5.41) is 13.3. The standard InChI is InChI=1S/C17H20N2O4/c1-11-5-6-12(7-14(11)16(21)22)13-8-18-19(9-13)10-15(20)23-17(2,3)4/h5-9H,10H2,1-4H3,(H,21,22). The van der Waals surface area contributed by atoms with Gasteiger partial charge in [-0.2, -0.15) is 5.10 Å². The average Bonchev–Trinajstić information content (AvgIpc) is 2.84. The number of benzene rings is 1. The molecule has 0 spiro atoms. The first-order valence-corrected chi connectivity index (χ1v) is 7.24. The average molecular weight is 316 g/mol. The maximum atomic E-state index is 11.8. The minimum atomic E-state index is -0.967. The predicted octanol–water partition coefficient (Wildman–Crippen LogP) is 2.90. The van der Waals surface area contributed by atoms with Crippen molar-refractivity contribution >= 4 is 11.9 Å². The Labute approximate surface area is 134 Å². The summed E-state index contributed by atoms with van der Waals surface area (Å²) in [5.74, 6) is -1.34. The first kappa shape index (κ1) is 16.7. The molecule has 0 aliphatic rings. The number of hydrogen-bond acceptors (Lipinski definition) is 4. The number of hydrogen-bond donors (Lipinski definition) is 1. The van der Waals surface area contributed by atoms with Crippen LogP contribution in [0.15, 0.2) is 30.6 Å². The van der Waals surface area contributed by atoms with Crippen LogP contribution >= 0.6 is 0 Å². The van der Waals surface area contributed by atoms with Crippen molar-refractivity contribution in [3.05, 3.63) is 41.7 Å². The van der Waals surface area contributed by atoms with Crippen LogP contribution in [-0.2, 0) is 16.1 Å². The molecular formula is C17H20N2O4. The Bertz CT molecular complexity index is 741. The minimum Gasteiger partial charge on any atom is -0.478 e. The van der Waals surface area contributed by atoms with Crippen LogP contribution in [0.4, 0.5) is 0 Å². The normalized spacial score (nSPS) is 11.3. The van der Waals surface area contributed by atoms with Gasteiger partial charge in [0.15, 0.2) is 0 Å². The third-order valence-electron chi connectivity index (χ3n) is 3.15. The second-order valence-corrected chi connectivity index (χ2v) is 6.35. The van der Waals surface area contributed by atoms with Crippen LogP contribution in [-0.4, -0.2) is 32.4 Å². The topological polar surface area (TPSA) is 81.4 Å². The smallest absolute Gasteiger partial charge is 0.335 e. The van der Waals surface area contributed by atoms with Gasteiger partial charge in [-0.1, -0.05) is 12.1 Å². The third kappa shape index (κ3) is 4.42. The first-order valence-electron chi connectivity index (χ1n) is 7.24. The molecule has 1 aromatic heterocycles. The number of carbonyl (C=O) groups is 2. The van der Waals surface area contributed by atoms with Gasteiger partial charge in [0.05, 0.1) is 11.8 Å². The first-order chi connectivity index (χ1) is 10.7. The van der Waals surface area contributed by atoms with E-state index >= 15 is 0 Å². The van der Waals surface area contributed by atoms with Gasteiger partial charge in [-0.05, 0) is 44.9 Å². The van der Waals surface area contributed by atoms with Crippen LogP contribution < -0.4 is 0 Å². The number of aryl methyl sites for hydroxylation is 1. The maximum absolute atomic E-state index is 11.8. The molecule has 0 amide bonds. The summed E-state index contributed by atoms with van der Waals surface area (Å²) in [6, 6.07) is 5.19. The zero-order valence-corrected chi connectivity index (χ0v) is 13.7. The van der Waals surface area contributed by atoms with E-state index in [1.807, 2.05) is 6.07 Å². The van der Waals surface area contributed by atoms with Crippen LogP contribution in [0.1, 0.15) is 36.7 Å². The molecule has 6 nitrogen and oxygen atoms in total. The molecule has 1 aromatic carbocycles. The van der Waals surface area contributed by atoms with E-state index in [0.29, 0.717) is 5.56 Å². The number of carboxylic acid groups (broad SMARTS) is 1. The van der Waals surface area contributed by atoms with Crippen LogP contribution in [0.25, 0.3) is 11.1 Å². The molecule has 0 atom stereocenters. The van der Waals surface area contributed by atoms with Crippen molar-refractivity contribution in [1.29, 1.82) is 0 Å². The highest BCUT2D eigenvalue weighted by Crippen LogP contribution is 2.22. The Morgan fingerprint density at radius 2 is 1.96 bits per heavy atom. The van der Waals surface area contributed by atoms with E-state index < -0.39 is 11.6 Å². The molecule has 0 aliphatic heterocycles. The van der Waals surface area contributed by atoms with Crippen molar-refractivity contribution in [2.24, 2.45) is 0 Å². The van der Waals surface area contributed by atoms with Crippen LogP contribution in [0.3, 0.4) is 0 Å². The van der Waals surface area contributed by atoms with E-state index in [1.165, 1.54) is 4.68 Å². The second-order valence-electron chi connectivity index (χ2n) is 6.35. The van der Waals surface area contributed by atoms with Crippen molar-refractivity contribution in [2.75, 3.05) is 0 Å². The van der Waals surface area contributed by atoms with Gasteiger partial charge in [-0.3, -0.25) is 9.48 Å². The highest BCUT2D eigenvalue weighted by atomic mass is 16.6. The SMILES string of the molecule is Cc1ccc(-c2cnn(CC(=O)OC(C)(C)C)c2)cc1C(=O)O. The molecule has 6 heteroatoms. The second kappa shape index (κ2) is 6.24. The predicted molar refractivity (Wildman–Crippen MR) is 85.2 cm³/mol. The molecular weight excluding hydrogens is 296 g/mol. The van der Waals surface area contributed by atoms with Gasteiger partial charge in [0.1, 0.15) is 12.1 Å². The highest BCUT2D eigenvalue weighted by molar-refractivity contribution is 5.91. The Morgan fingerprint density at radius 1 is 1.26 bits per heavy atom. The van der Waals surface area contributed by atoms with Gasteiger partial charge in [0.2, 0.25) is 0 Å². The summed E-state index contributed by atoms with van der Waals surface area (Å²) < 4.78 is 6.72. The lowest BCUT2D eigenvalue weighted by atomic mass is 10.0. The van der Waals surface area contributed by atoms with E-state index in [1.54, 1.807) is 52.2 Å². The molecule has 2 aromatic rings. The van der Waals surface area contributed by atoms with E-state index in [2.05, 4.69) is 5.10 Å². The third-order valence-corrected chi connectivity index (χ3v) is 3.15. The maximum Gasteiger partial charge on any atom is 0.335 e. The van der Waals surface area contributed by atoms with Crippen molar-refractivity contribution in [2.45, 2.75) is 39.8 Å². The summed E-state index contributed by atoms with van der Waals surface area (Å²) in [7, 11) is 0. The molecule has 122 valence electrons. The van der Waals surface area contributed by atoms with E-state index in [0.717, 1.165) is 11.1 Å². The van der Waals surface area contributed by atoms with E-state index in [4.69, 9.17) is 4.74 Å². The molecule has 0 radical (unpaired) electrons. The number of rotatable bonds is 4. The van der Waals surface area contributed by atoms with Crippen LogP contribution in [0.5, 0.6) is 0 Å². The van der Waals surface area contributed by atoms with Crippen molar-refractivity contribution in [1.82, 2.24) is 9.78 Å². The molecule has 0 fully saturated rings. The lowest BCUT2D eigenvalue weighted by Crippen LogP contribution is -2.26. The molecule has 23 heavy (non-hydrogen) atoms. The molecule has 0 unspecified atom stereocenters. The number of aromatic nitrogens is 2. The van der Waals surface area contributed by atoms with Gasteiger partial charge in [-0.25, -0.2) is 4.79 Å². The van der Waals surface area contributed by atoms with Crippen molar-refractivity contribution in [3.63, 3.8) is 0 Å². The zero-order chi connectivity index (χ0) is 17.2. The Balaban J connectivity index is 2.18. The quantitative estimate of drug-likeness (QED) is 0.877. The number of nitrogens with zero attached hydrogens (tertiary/aromatic N) is 2. The molecule has 1 N–H and O–H groups in total. The fourth-order valence-corrected chi connectivity index (χ4v) is 2.14. The van der Waals surface area contributed by atoms with Crippen molar-refractivity contribution < 1.29 is 19.4 Å². The van der Waals surface area contributed by atoms with E-state index in [9.17, 15) is 14.7 Å². The zero-order valence-electron chi connectivity index (χ0n) is 13.7. The Hall–Kier alpha value is -2.63.